The number of sulfonamides is 1. The monoisotopic (exact) mass is 288 g/mol. The van der Waals surface area contributed by atoms with Crippen molar-refractivity contribution < 1.29 is 13.5 Å². The number of anilines is 1. The van der Waals surface area contributed by atoms with Gasteiger partial charge in [-0.2, -0.15) is 4.31 Å². The van der Waals surface area contributed by atoms with Crippen molar-refractivity contribution in [3.05, 3.63) is 24.3 Å². The van der Waals surface area contributed by atoms with Crippen LogP contribution >= 0.6 is 11.8 Å². The summed E-state index contributed by atoms with van der Waals surface area (Å²) in [6.07, 6.45) is -0.496. The zero-order valence-corrected chi connectivity index (χ0v) is 11.5. The first kappa shape index (κ1) is 13.7. The van der Waals surface area contributed by atoms with Gasteiger partial charge in [0, 0.05) is 29.4 Å². The molecule has 0 radical (unpaired) electrons. The topological polar surface area (TPSA) is 83.6 Å². The highest BCUT2D eigenvalue weighted by atomic mass is 32.2. The Morgan fingerprint density at radius 3 is 2.50 bits per heavy atom. The second-order valence-corrected chi connectivity index (χ2v) is 7.46. The largest absolute Gasteiger partial charge is 0.399 e. The van der Waals surface area contributed by atoms with Gasteiger partial charge in [0.1, 0.15) is 0 Å². The van der Waals surface area contributed by atoms with Crippen LogP contribution in [-0.4, -0.2) is 48.5 Å². The molecule has 0 aromatic heterocycles. The lowest BCUT2D eigenvalue weighted by Gasteiger charge is -2.34. The van der Waals surface area contributed by atoms with E-state index in [4.69, 9.17) is 10.8 Å². The lowest BCUT2D eigenvalue weighted by molar-refractivity contribution is 0.0549. The molecule has 0 atom stereocenters. The summed E-state index contributed by atoms with van der Waals surface area (Å²) in [5.41, 5.74) is 6.26. The van der Waals surface area contributed by atoms with E-state index in [9.17, 15) is 8.42 Å². The fourth-order valence-corrected chi connectivity index (χ4v) is 4.40. The van der Waals surface area contributed by atoms with Crippen LogP contribution in [-0.2, 0) is 10.0 Å². The maximum absolute atomic E-state index is 11.8. The lowest BCUT2D eigenvalue weighted by Crippen LogP contribution is -2.54. The number of benzene rings is 1. The molecule has 0 aliphatic carbocycles. The van der Waals surface area contributed by atoms with Gasteiger partial charge in [-0.1, -0.05) is 0 Å². The predicted octanol–water partition coefficient (Wildman–Crippen LogP) is 0.367. The first-order valence-electron chi connectivity index (χ1n) is 5.61. The molecule has 1 saturated heterocycles. The summed E-state index contributed by atoms with van der Waals surface area (Å²) >= 11 is 1.48. The highest BCUT2D eigenvalue weighted by Crippen LogP contribution is 2.21. The normalized spacial score (nSPS) is 17.6. The van der Waals surface area contributed by atoms with Crippen molar-refractivity contribution in [2.24, 2.45) is 0 Å². The van der Waals surface area contributed by atoms with Gasteiger partial charge in [0.05, 0.1) is 11.9 Å². The Hall–Kier alpha value is -0.760. The Morgan fingerprint density at radius 1 is 1.33 bits per heavy atom. The SMILES string of the molecule is Nc1ccc(SCCS(=O)(=O)N2CC(O)C2)cc1. The molecule has 7 heteroatoms. The molecule has 0 unspecified atom stereocenters. The molecule has 0 spiro atoms. The van der Waals surface area contributed by atoms with Crippen LogP contribution in [0.15, 0.2) is 29.2 Å². The zero-order chi connectivity index (χ0) is 13.2. The second-order valence-electron chi connectivity index (χ2n) is 4.20. The minimum Gasteiger partial charge on any atom is -0.399 e. The first-order chi connectivity index (χ1) is 8.47. The van der Waals surface area contributed by atoms with E-state index in [1.165, 1.54) is 16.1 Å². The van der Waals surface area contributed by atoms with E-state index in [0.717, 1.165) is 4.90 Å². The van der Waals surface area contributed by atoms with E-state index in [1.54, 1.807) is 12.1 Å². The lowest BCUT2D eigenvalue weighted by atomic mass is 10.2. The van der Waals surface area contributed by atoms with E-state index >= 15 is 0 Å². The summed E-state index contributed by atoms with van der Waals surface area (Å²) in [6.45, 7) is 0.462. The summed E-state index contributed by atoms with van der Waals surface area (Å²) in [6, 6.07) is 7.34. The van der Waals surface area contributed by atoms with Crippen molar-refractivity contribution in [1.82, 2.24) is 4.31 Å². The van der Waals surface area contributed by atoms with Gasteiger partial charge in [0.2, 0.25) is 10.0 Å². The predicted molar refractivity (Wildman–Crippen MR) is 72.9 cm³/mol. The molecule has 18 heavy (non-hydrogen) atoms. The number of aliphatic hydroxyl groups excluding tert-OH is 1. The maximum Gasteiger partial charge on any atom is 0.215 e. The van der Waals surface area contributed by atoms with Gasteiger partial charge in [-0.3, -0.25) is 0 Å². The summed E-state index contributed by atoms with van der Waals surface area (Å²) in [4.78, 5) is 1.00. The Morgan fingerprint density at radius 2 is 1.94 bits per heavy atom. The molecule has 1 aliphatic heterocycles. The molecule has 3 N–H and O–H groups in total. The van der Waals surface area contributed by atoms with E-state index in [0.29, 0.717) is 11.4 Å². The highest BCUT2D eigenvalue weighted by Gasteiger charge is 2.33. The summed E-state index contributed by atoms with van der Waals surface area (Å²) < 4.78 is 24.9. The van der Waals surface area contributed by atoms with Gasteiger partial charge in [-0.25, -0.2) is 8.42 Å². The Bertz CT molecular complexity index is 496. The second kappa shape index (κ2) is 5.48. The number of rotatable bonds is 5. The Labute approximate surface area is 111 Å². The maximum atomic E-state index is 11.8. The molecule has 0 bridgehead atoms. The van der Waals surface area contributed by atoms with Crippen molar-refractivity contribution in [2.45, 2.75) is 11.0 Å². The molecule has 0 amide bonds. The number of nitrogens with zero attached hydrogens (tertiary/aromatic N) is 1. The van der Waals surface area contributed by atoms with Crippen LogP contribution in [0.5, 0.6) is 0 Å². The third kappa shape index (κ3) is 3.38. The van der Waals surface area contributed by atoms with Crippen LogP contribution in [0.3, 0.4) is 0 Å². The minimum atomic E-state index is -3.21. The molecular weight excluding hydrogens is 272 g/mol. The number of nitrogen functional groups attached to an aromatic ring is 1. The third-order valence-electron chi connectivity index (χ3n) is 2.71. The summed E-state index contributed by atoms with van der Waals surface area (Å²) in [5.74, 6) is 0.591. The molecular formula is C11H16N2O3S2. The Kier molecular flexibility index (Phi) is 4.16. The number of β-amino-alcohol motifs (C(OH)–C–C–N with tert-alkyl or cyclic N) is 1. The van der Waals surface area contributed by atoms with Gasteiger partial charge in [-0.05, 0) is 24.3 Å². The standard InChI is InChI=1S/C11H16N2O3S2/c12-9-1-3-11(4-2-9)17-5-6-18(15,16)13-7-10(14)8-13/h1-4,10,14H,5-8,12H2. The zero-order valence-electron chi connectivity index (χ0n) is 9.82. The molecule has 100 valence electrons. The van der Waals surface area contributed by atoms with Crippen molar-refractivity contribution in [1.29, 1.82) is 0 Å². The molecule has 1 aromatic rings. The van der Waals surface area contributed by atoms with Gasteiger partial charge in [0.25, 0.3) is 0 Å². The van der Waals surface area contributed by atoms with Crippen molar-refractivity contribution in [3.63, 3.8) is 0 Å². The molecule has 0 saturated carbocycles. The molecule has 1 fully saturated rings. The quantitative estimate of drug-likeness (QED) is 0.604. The van der Waals surface area contributed by atoms with Gasteiger partial charge in [-0.15, -0.1) is 11.8 Å². The van der Waals surface area contributed by atoms with E-state index in [2.05, 4.69) is 0 Å². The fourth-order valence-electron chi connectivity index (χ4n) is 1.60. The summed E-state index contributed by atoms with van der Waals surface area (Å²) in [7, 11) is -3.21. The average Bonchev–Trinajstić information content (AvgIpc) is 2.27. The number of hydrogen-bond donors (Lipinski definition) is 2. The van der Waals surface area contributed by atoms with Crippen molar-refractivity contribution in [3.8, 4) is 0 Å². The average molecular weight is 288 g/mol. The van der Waals surface area contributed by atoms with Crippen LogP contribution in [0.25, 0.3) is 0 Å². The molecule has 1 aromatic carbocycles. The highest BCUT2D eigenvalue weighted by molar-refractivity contribution is 8.00. The van der Waals surface area contributed by atoms with Crippen LogP contribution < -0.4 is 5.73 Å². The number of hydrogen-bond acceptors (Lipinski definition) is 5. The molecule has 5 nitrogen and oxygen atoms in total. The Balaban J connectivity index is 1.80. The van der Waals surface area contributed by atoms with E-state index < -0.39 is 16.1 Å². The number of thioether (sulfide) groups is 1. The van der Waals surface area contributed by atoms with Crippen LogP contribution in [0.2, 0.25) is 0 Å². The fraction of sp³-hybridized carbons (Fsp3) is 0.455. The van der Waals surface area contributed by atoms with E-state index in [-0.39, 0.29) is 18.8 Å². The van der Waals surface area contributed by atoms with Crippen molar-refractivity contribution in [2.75, 3.05) is 30.3 Å². The number of aliphatic hydroxyl groups is 1. The van der Waals surface area contributed by atoms with Gasteiger partial charge >= 0.3 is 0 Å². The molecule has 1 aliphatic rings. The van der Waals surface area contributed by atoms with Gasteiger partial charge < -0.3 is 10.8 Å². The van der Waals surface area contributed by atoms with Crippen molar-refractivity contribution >= 4 is 27.5 Å². The number of nitrogens with two attached hydrogens (primary N) is 1. The summed E-state index contributed by atoms with van der Waals surface area (Å²) in [5, 5.41) is 9.09. The smallest absolute Gasteiger partial charge is 0.215 e. The van der Waals surface area contributed by atoms with Crippen LogP contribution in [0.4, 0.5) is 5.69 Å². The minimum absolute atomic E-state index is 0.0920. The first-order valence-corrected chi connectivity index (χ1v) is 8.21. The van der Waals surface area contributed by atoms with Gasteiger partial charge in [0.15, 0.2) is 0 Å². The van der Waals surface area contributed by atoms with Crippen LogP contribution in [0, 0.1) is 0 Å². The molecule has 1 heterocycles. The van der Waals surface area contributed by atoms with E-state index in [1.807, 2.05) is 12.1 Å². The molecule has 2 rings (SSSR count). The van der Waals surface area contributed by atoms with Crippen LogP contribution in [0.1, 0.15) is 0 Å². The third-order valence-corrected chi connectivity index (χ3v) is 5.79.